The molecule has 0 spiro atoms. The van der Waals surface area contributed by atoms with Crippen LogP contribution in [0.3, 0.4) is 0 Å². The van der Waals surface area contributed by atoms with Crippen molar-refractivity contribution < 1.29 is 19.1 Å². The van der Waals surface area contributed by atoms with Crippen molar-refractivity contribution in [1.82, 2.24) is 5.32 Å². The number of carbonyl (C=O) groups excluding carboxylic acids is 1. The van der Waals surface area contributed by atoms with Gasteiger partial charge in [-0.15, -0.1) is 0 Å². The van der Waals surface area contributed by atoms with E-state index in [2.05, 4.69) is 10.6 Å². The van der Waals surface area contributed by atoms with Gasteiger partial charge in [0.1, 0.15) is 17.1 Å². The highest BCUT2D eigenvalue weighted by Gasteiger charge is 2.47. The first-order valence-corrected chi connectivity index (χ1v) is 7.57. The van der Waals surface area contributed by atoms with Crippen LogP contribution in [0.1, 0.15) is 18.6 Å². The van der Waals surface area contributed by atoms with Gasteiger partial charge in [-0.2, -0.15) is 0 Å². The maximum Gasteiger partial charge on any atom is 0.319 e. The summed E-state index contributed by atoms with van der Waals surface area (Å²) >= 11 is 0. The highest BCUT2D eigenvalue weighted by atomic mass is 16.5. The van der Waals surface area contributed by atoms with E-state index < -0.39 is 5.60 Å². The number of anilines is 1. The standard InChI is InChI=1S/C17H20N2O4/c1-22-14-5-2-4-13(10-14)19-16(20)18-11-17(21,12-7-8-12)15-6-3-9-23-15/h2-6,9-10,12,21H,7-8,11H2,1H3,(H2,18,19,20). The van der Waals surface area contributed by atoms with Crippen LogP contribution in [0.15, 0.2) is 47.1 Å². The molecule has 1 saturated carbocycles. The predicted octanol–water partition coefficient (Wildman–Crippen LogP) is 2.71. The number of methoxy groups -OCH3 is 1. The van der Waals surface area contributed by atoms with Crippen molar-refractivity contribution in [2.45, 2.75) is 18.4 Å². The van der Waals surface area contributed by atoms with E-state index in [9.17, 15) is 9.90 Å². The summed E-state index contributed by atoms with van der Waals surface area (Å²) in [5.41, 5.74) is -0.537. The Bertz CT molecular complexity index is 667. The number of hydrogen-bond donors (Lipinski definition) is 3. The van der Waals surface area contributed by atoms with Gasteiger partial charge < -0.3 is 24.9 Å². The van der Waals surface area contributed by atoms with E-state index in [1.165, 1.54) is 6.26 Å². The van der Waals surface area contributed by atoms with E-state index in [0.717, 1.165) is 12.8 Å². The van der Waals surface area contributed by atoms with Crippen LogP contribution in [0.4, 0.5) is 10.5 Å². The zero-order valence-electron chi connectivity index (χ0n) is 12.9. The maximum absolute atomic E-state index is 12.1. The van der Waals surface area contributed by atoms with Gasteiger partial charge in [0, 0.05) is 11.8 Å². The van der Waals surface area contributed by atoms with E-state index >= 15 is 0 Å². The molecule has 0 aliphatic heterocycles. The second-order valence-corrected chi connectivity index (χ2v) is 5.72. The molecule has 122 valence electrons. The lowest BCUT2D eigenvalue weighted by Crippen LogP contribution is -2.43. The Kier molecular flexibility index (Phi) is 4.25. The third-order valence-corrected chi connectivity index (χ3v) is 4.05. The van der Waals surface area contributed by atoms with Crippen LogP contribution in [-0.2, 0) is 5.60 Å². The van der Waals surface area contributed by atoms with Crippen LogP contribution in [-0.4, -0.2) is 24.8 Å². The molecule has 1 atom stereocenters. The zero-order chi connectivity index (χ0) is 16.3. The topological polar surface area (TPSA) is 83.7 Å². The molecule has 0 bridgehead atoms. The number of hydrogen-bond acceptors (Lipinski definition) is 4. The molecule has 2 amide bonds. The number of carbonyl (C=O) groups is 1. The lowest BCUT2D eigenvalue weighted by atomic mass is 9.94. The van der Waals surface area contributed by atoms with Crippen molar-refractivity contribution in [2.75, 3.05) is 19.0 Å². The maximum atomic E-state index is 12.1. The quantitative estimate of drug-likeness (QED) is 0.765. The number of amides is 2. The predicted molar refractivity (Wildman–Crippen MR) is 85.3 cm³/mol. The average molecular weight is 316 g/mol. The molecular formula is C17H20N2O4. The summed E-state index contributed by atoms with van der Waals surface area (Å²) in [4.78, 5) is 12.1. The Hall–Kier alpha value is -2.47. The van der Waals surface area contributed by atoms with Gasteiger partial charge in [-0.1, -0.05) is 6.07 Å². The van der Waals surface area contributed by atoms with Crippen molar-refractivity contribution >= 4 is 11.7 Å². The Balaban J connectivity index is 1.61. The van der Waals surface area contributed by atoms with E-state index in [1.54, 1.807) is 43.5 Å². The number of furan rings is 1. The molecule has 0 radical (unpaired) electrons. The van der Waals surface area contributed by atoms with Crippen LogP contribution in [0, 0.1) is 5.92 Å². The minimum Gasteiger partial charge on any atom is -0.497 e. The third-order valence-electron chi connectivity index (χ3n) is 4.05. The monoisotopic (exact) mass is 316 g/mol. The van der Waals surface area contributed by atoms with E-state index in [0.29, 0.717) is 17.2 Å². The van der Waals surface area contributed by atoms with Crippen molar-refractivity contribution in [2.24, 2.45) is 5.92 Å². The Labute approximate surface area is 134 Å². The summed E-state index contributed by atoms with van der Waals surface area (Å²) in [6.45, 7) is 0.0982. The van der Waals surface area contributed by atoms with Crippen LogP contribution in [0.25, 0.3) is 0 Å². The summed E-state index contributed by atoms with van der Waals surface area (Å²) < 4.78 is 10.5. The number of benzene rings is 1. The molecule has 6 nitrogen and oxygen atoms in total. The third kappa shape index (κ3) is 3.48. The Morgan fingerprint density at radius 1 is 1.39 bits per heavy atom. The van der Waals surface area contributed by atoms with Gasteiger partial charge in [0.2, 0.25) is 0 Å². The zero-order valence-corrected chi connectivity index (χ0v) is 12.9. The molecule has 1 unspecified atom stereocenters. The summed E-state index contributed by atoms with van der Waals surface area (Å²) in [6.07, 6.45) is 3.38. The Morgan fingerprint density at radius 2 is 2.22 bits per heavy atom. The average Bonchev–Trinajstić information content (AvgIpc) is 3.28. The van der Waals surface area contributed by atoms with Crippen LogP contribution >= 0.6 is 0 Å². The fraction of sp³-hybridized carbons (Fsp3) is 0.353. The number of urea groups is 1. The first-order valence-electron chi connectivity index (χ1n) is 7.57. The largest absolute Gasteiger partial charge is 0.497 e. The smallest absolute Gasteiger partial charge is 0.319 e. The van der Waals surface area contributed by atoms with Gasteiger partial charge in [-0.25, -0.2) is 4.79 Å². The Morgan fingerprint density at radius 3 is 2.87 bits per heavy atom. The molecule has 23 heavy (non-hydrogen) atoms. The van der Waals surface area contributed by atoms with E-state index in [-0.39, 0.29) is 18.5 Å². The van der Waals surface area contributed by atoms with Gasteiger partial charge in [0.15, 0.2) is 0 Å². The van der Waals surface area contributed by atoms with Crippen molar-refractivity contribution in [3.63, 3.8) is 0 Å². The number of ether oxygens (including phenoxy) is 1. The first-order chi connectivity index (χ1) is 11.1. The van der Waals surface area contributed by atoms with Crippen LogP contribution in [0.5, 0.6) is 5.75 Å². The van der Waals surface area contributed by atoms with Crippen molar-refractivity contribution in [3.8, 4) is 5.75 Å². The molecule has 0 saturated heterocycles. The number of rotatable bonds is 6. The molecule has 1 fully saturated rings. The van der Waals surface area contributed by atoms with Crippen molar-refractivity contribution in [1.29, 1.82) is 0 Å². The second-order valence-electron chi connectivity index (χ2n) is 5.72. The minimum atomic E-state index is -1.16. The van der Waals surface area contributed by atoms with Gasteiger partial charge in [0.05, 0.1) is 19.9 Å². The number of aliphatic hydroxyl groups is 1. The number of nitrogens with one attached hydrogen (secondary N) is 2. The van der Waals surface area contributed by atoms with Crippen LogP contribution in [0.2, 0.25) is 0 Å². The van der Waals surface area contributed by atoms with E-state index in [4.69, 9.17) is 9.15 Å². The van der Waals surface area contributed by atoms with Gasteiger partial charge in [-0.3, -0.25) is 0 Å². The van der Waals surface area contributed by atoms with Gasteiger partial charge >= 0.3 is 6.03 Å². The normalized spacial score (nSPS) is 16.4. The molecule has 1 aliphatic carbocycles. The van der Waals surface area contributed by atoms with Gasteiger partial charge in [-0.05, 0) is 43.0 Å². The van der Waals surface area contributed by atoms with Crippen molar-refractivity contribution in [3.05, 3.63) is 48.4 Å². The minimum absolute atomic E-state index is 0.0982. The lowest BCUT2D eigenvalue weighted by Gasteiger charge is -2.26. The summed E-state index contributed by atoms with van der Waals surface area (Å²) in [5, 5.41) is 16.3. The molecule has 3 rings (SSSR count). The highest BCUT2D eigenvalue weighted by Crippen LogP contribution is 2.45. The summed E-state index contributed by atoms with van der Waals surface area (Å²) in [5.74, 6) is 1.26. The molecule has 2 aromatic rings. The molecule has 1 heterocycles. The fourth-order valence-corrected chi connectivity index (χ4v) is 2.61. The molecule has 6 heteroatoms. The van der Waals surface area contributed by atoms with E-state index in [1.807, 2.05) is 0 Å². The highest BCUT2D eigenvalue weighted by molar-refractivity contribution is 5.89. The molecule has 3 N–H and O–H groups in total. The van der Waals surface area contributed by atoms with Gasteiger partial charge in [0.25, 0.3) is 0 Å². The fourth-order valence-electron chi connectivity index (χ4n) is 2.61. The second kappa shape index (κ2) is 6.34. The molecule has 1 aliphatic rings. The van der Waals surface area contributed by atoms with Crippen LogP contribution < -0.4 is 15.4 Å². The lowest BCUT2D eigenvalue weighted by molar-refractivity contribution is -0.00414. The molecule has 1 aromatic heterocycles. The summed E-state index contributed by atoms with van der Waals surface area (Å²) in [7, 11) is 1.57. The molecular weight excluding hydrogens is 296 g/mol. The molecule has 1 aromatic carbocycles. The SMILES string of the molecule is COc1cccc(NC(=O)NCC(O)(c2ccco2)C2CC2)c1. The first kappa shape index (κ1) is 15.4. The summed E-state index contributed by atoms with van der Waals surface area (Å²) in [6, 6.07) is 10.2.